The second-order valence-electron chi connectivity index (χ2n) is 6.04. The normalized spacial score (nSPS) is 16.2. The first kappa shape index (κ1) is 16.4. The molecule has 0 saturated heterocycles. The van der Waals surface area contributed by atoms with Gasteiger partial charge in [-0.15, -0.1) is 0 Å². The second kappa shape index (κ2) is 7.39. The number of nitrogens with zero attached hydrogens (tertiary/aromatic N) is 1. The zero-order valence-electron chi connectivity index (χ0n) is 14.2. The molecule has 1 amide bonds. The maximum absolute atomic E-state index is 12.9. The molecule has 1 aliphatic rings. The minimum absolute atomic E-state index is 0.0160. The van der Waals surface area contributed by atoms with Crippen LogP contribution in [-0.2, 0) is 0 Å². The molecule has 126 valence electrons. The van der Waals surface area contributed by atoms with Gasteiger partial charge in [0.1, 0.15) is 17.6 Å². The van der Waals surface area contributed by atoms with E-state index in [4.69, 9.17) is 9.47 Å². The van der Waals surface area contributed by atoms with E-state index in [9.17, 15) is 4.79 Å². The molecule has 2 aromatic carbocycles. The van der Waals surface area contributed by atoms with Crippen molar-refractivity contribution in [3.63, 3.8) is 0 Å². The summed E-state index contributed by atoms with van der Waals surface area (Å²) in [4.78, 5) is 14.7. The van der Waals surface area contributed by atoms with Crippen LogP contribution in [0.3, 0.4) is 0 Å². The Bertz CT molecular complexity index is 696. The molecule has 0 N–H and O–H groups in total. The molecule has 0 saturated carbocycles. The molecule has 1 heterocycles. The van der Waals surface area contributed by atoms with Gasteiger partial charge in [-0.2, -0.15) is 0 Å². The van der Waals surface area contributed by atoms with Gasteiger partial charge in [0.25, 0.3) is 5.91 Å². The maximum atomic E-state index is 12.9. The standard InChI is InChI=1S/C20H23NO3/c1-3-4-13-23-17-11-9-16(10-12-17)20(22)21-14-15(2)24-19-8-6-5-7-18(19)21/h5-12,15H,3-4,13-14H2,1-2H3/t15-/m0/s1. The first-order valence-corrected chi connectivity index (χ1v) is 8.49. The summed E-state index contributed by atoms with van der Waals surface area (Å²) in [6.07, 6.45) is 2.11. The minimum atomic E-state index is -0.0273. The lowest BCUT2D eigenvalue weighted by Gasteiger charge is -2.33. The summed E-state index contributed by atoms with van der Waals surface area (Å²) in [5.74, 6) is 1.54. The van der Waals surface area contributed by atoms with E-state index < -0.39 is 0 Å². The molecule has 1 atom stereocenters. The van der Waals surface area contributed by atoms with Crippen LogP contribution < -0.4 is 14.4 Å². The summed E-state index contributed by atoms with van der Waals surface area (Å²) >= 11 is 0. The van der Waals surface area contributed by atoms with Gasteiger partial charge in [0.2, 0.25) is 0 Å². The number of unbranched alkanes of at least 4 members (excludes halogenated alkanes) is 1. The monoisotopic (exact) mass is 325 g/mol. The number of carbonyl (C=O) groups is 1. The fourth-order valence-electron chi connectivity index (χ4n) is 2.77. The molecule has 0 radical (unpaired) electrons. The van der Waals surface area contributed by atoms with Crippen molar-refractivity contribution < 1.29 is 14.3 Å². The predicted octanol–water partition coefficient (Wildman–Crippen LogP) is 4.29. The Labute approximate surface area is 143 Å². The van der Waals surface area contributed by atoms with Crippen molar-refractivity contribution in [2.24, 2.45) is 0 Å². The van der Waals surface area contributed by atoms with E-state index >= 15 is 0 Å². The number of hydrogen-bond donors (Lipinski definition) is 0. The molecule has 0 aliphatic carbocycles. The summed E-state index contributed by atoms with van der Waals surface area (Å²) < 4.78 is 11.5. The van der Waals surface area contributed by atoms with E-state index in [1.165, 1.54) is 0 Å². The molecule has 0 fully saturated rings. The van der Waals surface area contributed by atoms with Crippen molar-refractivity contribution in [2.45, 2.75) is 32.8 Å². The predicted molar refractivity (Wildman–Crippen MR) is 95.1 cm³/mol. The van der Waals surface area contributed by atoms with Crippen molar-refractivity contribution in [2.75, 3.05) is 18.1 Å². The van der Waals surface area contributed by atoms with Gasteiger partial charge in [-0.3, -0.25) is 4.79 Å². The highest BCUT2D eigenvalue weighted by molar-refractivity contribution is 6.07. The highest BCUT2D eigenvalue weighted by Crippen LogP contribution is 2.34. The highest BCUT2D eigenvalue weighted by Gasteiger charge is 2.27. The Balaban J connectivity index is 1.77. The van der Waals surface area contributed by atoms with Crippen LogP contribution in [0.15, 0.2) is 48.5 Å². The molecule has 0 aromatic heterocycles. The number of anilines is 1. The Kier molecular flexibility index (Phi) is 5.04. The first-order valence-electron chi connectivity index (χ1n) is 8.49. The highest BCUT2D eigenvalue weighted by atomic mass is 16.5. The van der Waals surface area contributed by atoms with Crippen LogP contribution in [0.25, 0.3) is 0 Å². The molecule has 1 aliphatic heterocycles. The number of carbonyl (C=O) groups excluding carboxylic acids is 1. The number of para-hydroxylation sites is 2. The second-order valence-corrected chi connectivity index (χ2v) is 6.04. The lowest BCUT2D eigenvalue weighted by atomic mass is 10.1. The van der Waals surface area contributed by atoms with E-state index in [-0.39, 0.29) is 12.0 Å². The maximum Gasteiger partial charge on any atom is 0.258 e. The SMILES string of the molecule is CCCCOc1ccc(C(=O)N2C[C@H](C)Oc3ccccc32)cc1. The number of amides is 1. The lowest BCUT2D eigenvalue weighted by Crippen LogP contribution is -2.42. The van der Waals surface area contributed by atoms with Gasteiger partial charge in [0, 0.05) is 5.56 Å². The largest absolute Gasteiger partial charge is 0.494 e. The average Bonchev–Trinajstić information content (AvgIpc) is 2.61. The molecule has 0 spiro atoms. The van der Waals surface area contributed by atoms with Crippen molar-refractivity contribution in [3.05, 3.63) is 54.1 Å². The fraction of sp³-hybridized carbons (Fsp3) is 0.350. The van der Waals surface area contributed by atoms with Gasteiger partial charge < -0.3 is 14.4 Å². The molecular weight excluding hydrogens is 302 g/mol. The van der Waals surface area contributed by atoms with Gasteiger partial charge in [-0.05, 0) is 49.7 Å². The topological polar surface area (TPSA) is 38.8 Å². The van der Waals surface area contributed by atoms with E-state index in [2.05, 4.69) is 6.92 Å². The van der Waals surface area contributed by atoms with E-state index in [0.717, 1.165) is 30.0 Å². The molecular formula is C20H23NO3. The van der Waals surface area contributed by atoms with Crippen LogP contribution in [0.4, 0.5) is 5.69 Å². The summed E-state index contributed by atoms with van der Waals surface area (Å²) in [6.45, 7) is 5.36. The summed E-state index contributed by atoms with van der Waals surface area (Å²) in [5.41, 5.74) is 1.48. The Morgan fingerprint density at radius 3 is 2.71 bits per heavy atom. The molecule has 24 heavy (non-hydrogen) atoms. The molecule has 4 nitrogen and oxygen atoms in total. The van der Waals surface area contributed by atoms with Gasteiger partial charge >= 0.3 is 0 Å². The van der Waals surface area contributed by atoms with Crippen LogP contribution >= 0.6 is 0 Å². The van der Waals surface area contributed by atoms with Crippen LogP contribution in [0.5, 0.6) is 11.5 Å². The molecule has 2 aromatic rings. The summed E-state index contributed by atoms with van der Waals surface area (Å²) in [5, 5.41) is 0. The van der Waals surface area contributed by atoms with Crippen LogP contribution in [0.2, 0.25) is 0 Å². The number of fused-ring (bicyclic) bond motifs is 1. The summed E-state index contributed by atoms with van der Waals surface area (Å²) in [7, 11) is 0. The number of benzene rings is 2. The van der Waals surface area contributed by atoms with Crippen molar-refractivity contribution in [3.8, 4) is 11.5 Å². The Morgan fingerprint density at radius 2 is 1.96 bits per heavy atom. The van der Waals surface area contributed by atoms with Gasteiger partial charge in [-0.25, -0.2) is 0 Å². The Morgan fingerprint density at radius 1 is 1.21 bits per heavy atom. The average molecular weight is 325 g/mol. The molecule has 0 bridgehead atoms. The zero-order valence-corrected chi connectivity index (χ0v) is 14.2. The fourth-order valence-corrected chi connectivity index (χ4v) is 2.77. The third-order valence-corrected chi connectivity index (χ3v) is 4.04. The quantitative estimate of drug-likeness (QED) is 0.770. The van der Waals surface area contributed by atoms with Crippen LogP contribution in [0.1, 0.15) is 37.0 Å². The van der Waals surface area contributed by atoms with Crippen molar-refractivity contribution >= 4 is 11.6 Å². The molecule has 3 rings (SSSR count). The van der Waals surface area contributed by atoms with Crippen LogP contribution in [0, 0.1) is 0 Å². The van der Waals surface area contributed by atoms with Crippen LogP contribution in [-0.4, -0.2) is 25.2 Å². The third kappa shape index (κ3) is 3.53. The third-order valence-electron chi connectivity index (χ3n) is 4.04. The van der Waals surface area contributed by atoms with E-state index in [1.54, 1.807) is 4.90 Å². The minimum Gasteiger partial charge on any atom is -0.494 e. The number of ether oxygens (including phenoxy) is 2. The van der Waals surface area contributed by atoms with E-state index in [0.29, 0.717) is 18.7 Å². The van der Waals surface area contributed by atoms with Gasteiger partial charge in [0.05, 0.1) is 18.8 Å². The lowest BCUT2D eigenvalue weighted by molar-refractivity contribution is 0.0961. The first-order chi connectivity index (χ1) is 11.7. The Hall–Kier alpha value is -2.49. The number of hydrogen-bond acceptors (Lipinski definition) is 3. The molecule has 4 heteroatoms. The van der Waals surface area contributed by atoms with Crippen molar-refractivity contribution in [1.82, 2.24) is 0 Å². The molecule has 0 unspecified atom stereocenters. The van der Waals surface area contributed by atoms with Crippen molar-refractivity contribution in [1.29, 1.82) is 0 Å². The summed E-state index contributed by atoms with van der Waals surface area (Å²) in [6, 6.07) is 15.0. The van der Waals surface area contributed by atoms with Gasteiger partial charge in [-0.1, -0.05) is 25.5 Å². The zero-order chi connectivity index (χ0) is 16.9. The van der Waals surface area contributed by atoms with Gasteiger partial charge in [0.15, 0.2) is 0 Å². The number of rotatable bonds is 5. The van der Waals surface area contributed by atoms with E-state index in [1.807, 2.05) is 55.5 Å². The smallest absolute Gasteiger partial charge is 0.258 e.